The first-order valence-corrected chi connectivity index (χ1v) is 4.83. The summed E-state index contributed by atoms with van der Waals surface area (Å²) in [7, 11) is 1.63. The van der Waals surface area contributed by atoms with Gasteiger partial charge < -0.3 is 10.8 Å². The smallest absolute Gasteiger partial charge is 0.317 e. The van der Waals surface area contributed by atoms with Crippen LogP contribution in [-0.4, -0.2) is 34.5 Å². The number of carboxylic acids is 1. The fourth-order valence-electron chi connectivity index (χ4n) is 1.42. The Balaban J connectivity index is 2.79. The van der Waals surface area contributed by atoms with Crippen LogP contribution in [0.15, 0.2) is 18.2 Å². The summed E-state index contributed by atoms with van der Waals surface area (Å²) >= 11 is 0. The number of carbonyl (C=O) groups is 1. The van der Waals surface area contributed by atoms with Crippen LogP contribution in [0.25, 0.3) is 0 Å². The van der Waals surface area contributed by atoms with Gasteiger partial charge in [0.1, 0.15) is 0 Å². The number of nitrogens with two attached hydrogens (primary N) is 1. The number of anilines is 1. The minimum atomic E-state index is -0.937. The van der Waals surface area contributed by atoms with Gasteiger partial charge in [-0.2, -0.15) is 0 Å². The van der Waals surface area contributed by atoms with E-state index in [0.29, 0.717) is 12.1 Å². The molecule has 17 heavy (non-hydrogen) atoms. The number of rotatable bonds is 5. The number of aliphatic carboxylic acids is 1. The first-order valence-electron chi connectivity index (χ1n) is 4.83. The average molecular weight is 239 g/mol. The normalized spacial score (nSPS) is 10.5. The predicted octanol–water partition coefficient (Wildman–Crippen LogP) is 0.693. The van der Waals surface area contributed by atoms with E-state index >= 15 is 0 Å². The Hall–Kier alpha value is -2.15. The molecule has 0 aromatic heterocycles. The molecule has 7 heteroatoms. The predicted molar refractivity (Wildman–Crippen MR) is 61.5 cm³/mol. The number of likely N-dealkylation sites (N-methyl/N-ethyl adjacent to an activating group) is 1. The first-order chi connectivity index (χ1) is 7.90. The van der Waals surface area contributed by atoms with Gasteiger partial charge in [-0.25, -0.2) is 0 Å². The maximum absolute atomic E-state index is 10.5. The van der Waals surface area contributed by atoms with E-state index in [9.17, 15) is 14.9 Å². The van der Waals surface area contributed by atoms with Crippen molar-refractivity contribution in [3.05, 3.63) is 33.9 Å². The monoisotopic (exact) mass is 239 g/mol. The van der Waals surface area contributed by atoms with E-state index in [2.05, 4.69) is 0 Å². The molecule has 0 fully saturated rings. The number of benzene rings is 1. The van der Waals surface area contributed by atoms with Crippen molar-refractivity contribution < 1.29 is 14.8 Å². The number of hydrogen-bond acceptors (Lipinski definition) is 5. The van der Waals surface area contributed by atoms with Crippen molar-refractivity contribution in [2.45, 2.75) is 6.54 Å². The Morgan fingerprint density at radius 2 is 2.24 bits per heavy atom. The Bertz CT molecular complexity index is 447. The van der Waals surface area contributed by atoms with E-state index in [-0.39, 0.29) is 17.9 Å². The van der Waals surface area contributed by atoms with Crippen molar-refractivity contribution in [3.8, 4) is 0 Å². The number of carboxylic acid groups (broad SMARTS) is 1. The quantitative estimate of drug-likeness (QED) is 0.444. The molecule has 0 aliphatic heterocycles. The number of hydrogen-bond donors (Lipinski definition) is 2. The highest BCUT2D eigenvalue weighted by molar-refractivity contribution is 5.69. The summed E-state index contributed by atoms with van der Waals surface area (Å²) in [6, 6.07) is 4.15. The topological polar surface area (TPSA) is 110 Å². The lowest BCUT2D eigenvalue weighted by molar-refractivity contribution is -0.384. The third-order valence-electron chi connectivity index (χ3n) is 2.19. The third kappa shape index (κ3) is 3.72. The molecule has 0 heterocycles. The molecule has 0 amide bonds. The molecule has 1 rings (SSSR count). The number of nitrogens with zero attached hydrogens (tertiary/aromatic N) is 2. The van der Waals surface area contributed by atoms with Crippen LogP contribution in [0, 0.1) is 10.1 Å². The van der Waals surface area contributed by atoms with E-state index in [1.54, 1.807) is 11.9 Å². The van der Waals surface area contributed by atoms with Crippen molar-refractivity contribution in [2.75, 3.05) is 19.3 Å². The molecular formula is C10H13N3O4. The maximum atomic E-state index is 10.5. The largest absolute Gasteiger partial charge is 0.480 e. The summed E-state index contributed by atoms with van der Waals surface area (Å²) in [4.78, 5) is 22.0. The molecule has 0 aliphatic carbocycles. The van der Waals surface area contributed by atoms with Gasteiger partial charge in [0.15, 0.2) is 0 Å². The second-order valence-electron chi connectivity index (χ2n) is 3.71. The van der Waals surface area contributed by atoms with Gasteiger partial charge in [-0.3, -0.25) is 19.8 Å². The molecule has 92 valence electrons. The second kappa shape index (κ2) is 5.26. The molecule has 0 spiro atoms. The summed E-state index contributed by atoms with van der Waals surface area (Å²) in [5.74, 6) is -0.937. The molecule has 0 saturated carbocycles. The minimum Gasteiger partial charge on any atom is -0.480 e. The maximum Gasteiger partial charge on any atom is 0.317 e. The second-order valence-corrected chi connectivity index (χ2v) is 3.71. The van der Waals surface area contributed by atoms with Gasteiger partial charge in [0.25, 0.3) is 5.69 Å². The van der Waals surface area contributed by atoms with E-state index in [4.69, 9.17) is 10.8 Å². The van der Waals surface area contributed by atoms with E-state index in [1.165, 1.54) is 18.2 Å². The van der Waals surface area contributed by atoms with Gasteiger partial charge in [-0.05, 0) is 18.7 Å². The Kier molecular flexibility index (Phi) is 4.00. The van der Waals surface area contributed by atoms with E-state index in [0.717, 1.165) is 0 Å². The van der Waals surface area contributed by atoms with Crippen molar-refractivity contribution in [2.24, 2.45) is 0 Å². The molecule has 0 bridgehead atoms. The van der Waals surface area contributed by atoms with Gasteiger partial charge in [0.2, 0.25) is 0 Å². The lowest BCUT2D eigenvalue weighted by atomic mass is 10.1. The Labute approximate surface area is 97.6 Å². The Morgan fingerprint density at radius 1 is 1.59 bits per heavy atom. The molecule has 3 N–H and O–H groups in total. The molecular weight excluding hydrogens is 226 g/mol. The van der Waals surface area contributed by atoms with E-state index < -0.39 is 10.9 Å². The van der Waals surface area contributed by atoms with Crippen molar-refractivity contribution in [1.29, 1.82) is 0 Å². The van der Waals surface area contributed by atoms with Crippen molar-refractivity contribution in [3.63, 3.8) is 0 Å². The summed E-state index contributed by atoms with van der Waals surface area (Å²) in [5.41, 5.74) is 6.54. The van der Waals surface area contributed by atoms with Crippen LogP contribution in [0.4, 0.5) is 11.4 Å². The van der Waals surface area contributed by atoms with Crippen LogP contribution in [0.5, 0.6) is 0 Å². The van der Waals surface area contributed by atoms with Crippen molar-refractivity contribution in [1.82, 2.24) is 4.90 Å². The molecule has 0 aliphatic rings. The zero-order valence-corrected chi connectivity index (χ0v) is 9.29. The molecule has 0 atom stereocenters. The first kappa shape index (κ1) is 12.9. The molecule has 0 radical (unpaired) electrons. The van der Waals surface area contributed by atoms with Crippen LogP contribution in [0.1, 0.15) is 5.56 Å². The zero-order valence-electron chi connectivity index (χ0n) is 9.29. The van der Waals surface area contributed by atoms with Crippen LogP contribution in [0.2, 0.25) is 0 Å². The SMILES string of the molecule is CN(CC(=O)O)Cc1ccc([N+](=O)[O-])cc1N. The van der Waals surface area contributed by atoms with Crippen LogP contribution >= 0.6 is 0 Å². The highest BCUT2D eigenvalue weighted by Gasteiger charge is 2.11. The fourth-order valence-corrected chi connectivity index (χ4v) is 1.42. The molecule has 7 nitrogen and oxygen atoms in total. The van der Waals surface area contributed by atoms with Crippen LogP contribution in [0.3, 0.4) is 0 Å². The number of nitro groups is 1. The van der Waals surface area contributed by atoms with Gasteiger partial charge in [-0.1, -0.05) is 0 Å². The summed E-state index contributed by atoms with van der Waals surface area (Å²) < 4.78 is 0. The number of nitrogen functional groups attached to an aromatic ring is 1. The molecule has 0 saturated heterocycles. The zero-order chi connectivity index (χ0) is 13.0. The van der Waals surface area contributed by atoms with Crippen LogP contribution in [-0.2, 0) is 11.3 Å². The minimum absolute atomic E-state index is 0.0767. The number of nitro benzene ring substituents is 1. The van der Waals surface area contributed by atoms with Gasteiger partial charge in [0.05, 0.1) is 11.5 Å². The van der Waals surface area contributed by atoms with Gasteiger partial charge >= 0.3 is 5.97 Å². The summed E-state index contributed by atoms with van der Waals surface area (Å²) in [6.07, 6.45) is 0. The van der Waals surface area contributed by atoms with Crippen LogP contribution < -0.4 is 5.73 Å². The fraction of sp³-hybridized carbons (Fsp3) is 0.300. The number of non-ortho nitro benzene ring substituents is 1. The molecule has 1 aromatic carbocycles. The van der Waals surface area contributed by atoms with E-state index in [1.807, 2.05) is 0 Å². The lowest BCUT2D eigenvalue weighted by Crippen LogP contribution is -2.25. The summed E-state index contributed by atoms with van der Waals surface area (Å²) in [6.45, 7) is 0.215. The lowest BCUT2D eigenvalue weighted by Gasteiger charge is -2.15. The highest BCUT2D eigenvalue weighted by atomic mass is 16.6. The highest BCUT2D eigenvalue weighted by Crippen LogP contribution is 2.20. The Morgan fingerprint density at radius 3 is 2.71 bits per heavy atom. The molecule has 1 aromatic rings. The average Bonchev–Trinajstić information content (AvgIpc) is 2.19. The summed E-state index contributed by atoms with van der Waals surface area (Å²) in [5, 5.41) is 19.1. The van der Waals surface area contributed by atoms with Gasteiger partial charge in [0, 0.05) is 24.4 Å². The standard InChI is InChI=1S/C10H13N3O4/c1-12(6-10(14)15)5-7-2-3-8(13(16)17)4-9(7)11/h2-4H,5-6,11H2,1H3,(H,14,15). The third-order valence-corrected chi connectivity index (χ3v) is 2.19. The van der Waals surface area contributed by atoms with Gasteiger partial charge in [-0.15, -0.1) is 0 Å². The van der Waals surface area contributed by atoms with Crippen molar-refractivity contribution >= 4 is 17.3 Å². The molecule has 0 unspecified atom stereocenters.